The molecule has 1 amide bonds. The summed E-state index contributed by atoms with van der Waals surface area (Å²) in [6.07, 6.45) is -4.70. The lowest BCUT2D eigenvalue weighted by Crippen LogP contribution is -2.26. The Morgan fingerprint density at radius 1 is 1.24 bits per heavy atom. The topological polar surface area (TPSA) is 50.4 Å². The third kappa shape index (κ3) is 6.52. The fraction of sp³-hybridized carbons (Fsp3) is 0.222. The lowest BCUT2D eigenvalue weighted by Gasteiger charge is -2.10. The summed E-state index contributed by atoms with van der Waals surface area (Å²) < 4.78 is 39.1. The Bertz CT molecular complexity index is 367. The highest BCUT2D eigenvalue weighted by Gasteiger charge is 2.30. The minimum atomic E-state index is -4.70. The first kappa shape index (κ1) is 15.4. The van der Waals surface area contributed by atoms with Crippen molar-refractivity contribution in [3.63, 3.8) is 0 Å². The summed E-state index contributed by atoms with van der Waals surface area (Å²) in [7, 11) is 0. The molecule has 4 nitrogen and oxygen atoms in total. The third-order valence-corrected chi connectivity index (χ3v) is 1.47. The predicted octanol–water partition coefficient (Wildman–Crippen LogP) is 2.47. The fourth-order valence-corrected chi connectivity index (χ4v) is 0.900. The number of alkyl halides is 3. The minimum Gasteiger partial charge on any atom is -0.406 e. The average molecular weight is 271 g/mol. The molecule has 0 aromatic heterocycles. The zero-order valence-corrected chi connectivity index (χ0v) is 9.48. The van der Waals surface area contributed by atoms with Gasteiger partial charge in [-0.2, -0.15) is 0 Å². The largest absolute Gasteiger partial charge is 0.573 e. The van der Waals surface area contributed by atoms with Crippen LogP contribution in [0.5, 0.6) is 5.75 Å². The molecule has 0 fully saturated rings. The molecule has 96 valence electrons. The second kappa shape index (κ2) is 6.19. The van der Waals surface area contributed by atoms with Gasteiger partial charge in [-0.05, 0) is 24.3 Å². The van der Waals surface area contributed by atoms with Crippen molar-refractivity contribution >= 4 is 24.0 Å². The smallest absolute Gasteiger partial charge is 0.406 e. The van der Waals surface area contributed by atoms with Gasteiger partial charge in [0.1, 0.15) is 5.75 Å². The number of anilines is 1. The Morgan fingerprint density at radius 2 is 1.76 bits per heavy atom. The Kier molecular flexibility index (Phi) is 5.60. The van der Waals surface area contributed by atoms with Crippen molar-refractivity contribution in [3.8, 4) is 5.75 Å². The van der Waals surface area contributed by atoms with Gasteiger partial charge in [0.25, 0.3) is 0 Å². The molecular weight excluding hydrogens is 261 g/mol. The number of hydrogen-bond acceptors (Lipinski definition) is 3. The van der Waals surface area contributed by atoms with Crippen LogP contribution < -0.4 is 15.6 Å². The van der Waals surface area contributed by atoms with Crippen LogP contribution in [-0.4, -0.2) is 12.3 Å². The van der Waals surface area contributed by atoms with E-state index in [1.807, 2.05) is 0 Å². The molecule has 8 heteroatoms. The molecule has 0 spiro atoms. The van der Waals surface area contributed by atoms with Crippen LogP contribution in [0.1, 0.15) is 6.92 Å². The first-order valence-electron chi connectivity index (χ1n) is 4.25. The van der Waals surface area contributed by atoms with Crippen molar-refractivity contribution < 1.29 is 22.7 Å². The SMILES string of the molecule is CC(=O)NNc1ccc(OC(F)(F)F)cc1.Cl. The van der Waals surface area contributed by atoms with Crippen LogP contribution in [0.4, 0.5) is 18.9 Å². The number of halogens is 4. The van der Waals surface area contributed by atoms with Crippen molar-refractivity contribution in [2.45, 2.75) is 13.3 Å². The van der Waals surface area contributed by atoms with Crippen LogP contribution in [0.3, 0.4) is 0 Å². The summed E-state index contributed by atoms with van der Waals surface area (Å²) in [5.74, 6) is -0.628. The van der Waals surface area contributed by atoms with Crippen LogP contribution in [0.15, 0.2) is 24.3 Å². The third-order valence-electron chi connectivity index (χ3n) is 1.47. The second-order valence-corrected chi connectivity index (χ2v) is 2.88. The molecule has 0 aliphatic heterocycles. The number of amides is 1. The molecule has 1 rings (SSSR count). The first-order valence-corrected chi connectivity index (χ1v) is 4.25. The number of carbonyl (C=O) groups is 1. The van der Waals surface area contributed by atoms with Gasteiger partial charge in [-0.3, -0.25) is 15.6 Å². The number of benzene rings is 1. The molecule has 0 saturated heterocycles. The lowest BCUT2D eigenvalue weighted by molar-refractivity contribution is -0.274. The highest BCUT2D eigenvalue weighted by molar-refractivity contribution is 5.85. The summed E-state index contributed by atoms with van der Waals surface area (Å²) in [4.78, 5) is 10.5. The average Bonchev–Trinajstić information content (AvgIpc) is 2.14. The summed E-state index contributed by atoms with van der Waals surface area (Å²) in [6, 6.07) is 4.96. The summed E-state index contributed by atoms with van der Waals surface area (Å²) in [5, 5.41) is 0. The van der Waals surface area contributed by atoms with Gasteiger partial charge < -0.3 is 4.74 Å². The molecule has 0 radical (unpaired) electrons. The molecule has 0 heterocycles. The van der Waals surface area contributed by atoms with E-state index in [2.05, 4.69) is 15.6 Å². The number of rotatable bonds is 3. The number of carbonyl (C=O) groups excluding carboxylic acids is 1. The molecule has 0 aliphatic carbocycles. The van der Waals surface area contributed by atoms with Crippen molar-refractivity contribution in [2.24, 2.45) is 0 Å². The summed E-state index contributed by atoms with van der Waals surface area (Å²) in [6.45, 7) is 1.30. The van der Waals surface area contributed by atoms with Gasteiger partial charge in [0, 0.05) is 6.92 Å². The van der Waals surface area contributed by atoms with E-state index in [9.17, 15) is 18.0 Å². The van der Waals surface area contributed by atoms with Gasteiger partial charge in [0.15, 0.2) is 0 Å². The first-order chi connectivity index (χ1) is 7.37. The van der Waals surface area contributed by atoms with Gasteiger partial charge in [0.2, 0.25) is 5.91 Å². The zero-order chi connectivity index (χ0) is 12.2. The van der Waals surface area contributed by atoms with Crippen molar-refractivity contribution in [3.05, 3.63) is 24.3 Å². The molecule has 1 aromatic rings. The molecule has 2 N–H and O–H groups in total. The predicted molar refractivity (Wildman–Crippen MR) is 57.8 cm³/mol. The van der Waals surface area contributed by atoms with E-state index in [-0.39, 0.29) is 24.1 Å². The van der Waals surface area contributed by atoms with Gasteiger partial charge in [-0.15, -0.1) is 25.6 Å². The van der Waals surface area contributed by atoms with Crippen LogP contribution in [0.2, 0.25) is 0 Å². The second-order valence-electron chi connectivity index (χ2n) is 2.88. The van der Waals surface area contributed by atoms with Crippen molar-refractivity contribution in [1.82, 2.24) is 5.43 Å². The molecule has 0 unspecified atom stereocenters. The molecule has 0 aliphatic rings. The van der Waals surface area contributed by atoms with Crippen LogP contribution in [0, 0.1) is 0 Å². The van der Waals surface area contributed by atoms with Crippen LogP contribution in [-0.2, 0) is 4.79 Å². The Hall–Kier alpha value is -1.63. The molecule has 0 atom stereocenters. The molecular formula is C9H10ClF3N2O2. The highest BCUT2D eigenvalue weighted by atomic mass is 35.5. The Morgan fingerprint density at radius 3 is 2.18 bits per heavy atom. The van der Waals surface area contributed by atoms with Crippen molar-refractivity contribution in [2.75, 3.05) is 5.43 Å². The number of hydrazine groups is 1. The quantitative estimate of drug-likeness (QED) is 0.830. The fourth-order valence-electron chi connectivity index (χ4n) is 0.900. The van der Waals surface area contributed by atoms with Crippen LogP contribution in [0.25, 0.3) is 0 Å². The number of hydrogen-bond donors (Lipinski definition) is 2. The monoisotopic (exact) mass is 270 g/mol. The van der Waals surface area contributed by atoms with Gasteiger partial charge in [-0.1, -0.05) is 0 Å². The standard InChI is InChI=1S/C9H9F3N2O2.ClH/c1-6(15)13-14-7-2-4-8(5-3-7)16-9(10,11)12;/h2-5,14H,1H3,(H,13,15);1H. The Labute approximate surface area is 102 Å². The normalized spacial score (nSPS) is 10.1. The molecule has 17 heavy (non-hydrogen) atoms. The molecule has 0 saturated carbocycles. The summed E-state index contributed by atoms with van der Waals surface area (Å²) in [5.41, 5.74) is 5.22. The maximum absolute atomic E-state index is 11.8. The summed E-state index contributed by atoms with van der Waals surface area (Å²) >= 11 is 0. The maximum Gasteiger partial charge on any atom is 0.573 e. The zero-order valence-electron chi connectivity index (χ0n) is 8.67. The van der Waals surface area contributed by atoms with E-state index in [1.165, 1.54) is 19.1 Å². The van der Waals surface area contributed by atoms with E-state index >= 15 is 0 Å². The van der Waals surface area contributed by atoms with Gasteiger partial charge >= 0.3 is 6.36 Å². The Balaban J connectivity index is 0.00000256. The number of nitrogens with one attached hydrogen (secondary N) is 2. The minimum absolute atomic E-state index is 0. The molecule has 1 aromatic carbocycles. The van der Waals surface area contributed by atoms with E-state index in [0.717, 1.165) is 12.1 Å². The van der Waals surface area contributed by atoms with Gasteiger partial charge in [-0.25, -0.2) is 0 Å². The molecule has 0 bridgehead atoms. The van der Waals surface area contributed by atoms with E-state index in [4.69, 9.17) is 0 Å². The van der Waals surface area contributed by atoms with Crippen molar-refractivity contribution in [1.29, 1.82) is 0 Å². The lowest BCUT2D eigenvalue weighted by atomic mass is 10.3. The van der Waals surface area contributed by atoms with E-state index < -0.39 is 6.36 Å². The van der Waals surface area contributed by atoms with E-state index in [0.29, 0.717) is 5.69 Å². The van der Waals surface area contributed by atoms with Crippen LogP contribution >= 0.6 is 12.4 Å². The highest BCUT2D eigenvalue weighted by Crippen LogP contribution is 2.23. The maximum atomic E-state index is 11.8. The van der Waals surface area contributed by atoms with Gasteiger partial charge in [0.05, 0.1) is 5.69 Å². The van der Waals surface area contributed by atoms with E-state index in [1.54, 1.807) is 0 Å². The number of ether oxygens (including phenoxy) is 1.